The van der Waals surface area contributed by atoms with Crippen LogP contribution >= 0.6 is 24.8 Å². The first kappa shape index (κ1) is 11.9. The zero-order valence-electron chi connectivity index (χ0n) is 5.30. The molecule has 0 spiro atoms. The van der Waals surface area contributed by atoms with Crippen molar-refractivity contribution in [2.45, 2.75) is 0 Å². The number of nitrogens with one attached hydrogen (secondary N) is 1. The first-order valence-electron chi connectivity index (χ1n) is 1.80. The average molecular weight is 159 g/mol. The van der Waals surface area contributed by atoms with Gasteiger partial charge in [0.05, 0.1) is 0 Å². The number of hydrogen-bond donors (Lipinski definition) is 2. The second-order valence-electron chi connectivity index (χ2n) is 1.31. The molecule has 1 N–H and O–H groups in total. The topological polar surface area (TPSA) is 15.3 Å². The Morgan fingerprint density at radius 3 is 2.00 bits per heavy atom. The molecule has 0 bridgehead atoms. The maximum Gasteiger partial charge on any atom is 0.145 e. The van der Waals surface area contributed by atoms with Crippen molar-refractivity contribution in [3.05, 3.63) is 0 Å². The molecule has 0 rings (SSSR count). The minimum Gasteiger partial charge on any atom is -0.305 e. The second-order valence-corrected chi connectivity index (χ2v) is 2.47. The monoisotopic (exact) mass is 159 g/mol. The van der Waals surface area contributed by atoms with Crippen LogP contribution in [-0.4, -0.2) is 53.0 Å². The van der Waals surface area contributed by atoms with Gasteiger partial charge in [0, 0.05) is 43.7 Å². The molecule has 2 nitrogen and oxygen atoms in total. The molecule has 0 saturated heterocycles. The SMILES string of the molecule is CN(C)NC(=S)S.[Na]. The minimum absolute atomic E-state index is 0. The van der Waals surface area contributed by atoms with E-state index in [0.29, 0.717) is 4.32 Å². The van der Waals surface area contributed by atoms with Gasteiger partial charge in [0.2, 0.25) is 0 Å². The fraction of sp³-hybridized carbons (Fsp3) is 0.667. The molecule has 0 saturated carbocycles. The Balaban J connectivity index is 0. The van der Waals surface area contributed by atoms with E-state index in [1.807, 2.05) is 14.1 Å². The van der Waals surface area contributed by atoms with E-state index in [1.165, 1.54) is 0 Å². The van der Waals surface area contributed by atoms with Crippen LogP contribution in [-0.2, 0) is 0 Å². The molecule has 0 unspecified atom stereocenters. The molecule has 0 aliphatic rings. The summed E-state index contributed by atoms with van der Waals surface area (Å²) in [6.45, 7) is 0. The fourth-order valence-corrected chi connectivity index (χ4v) is 0.574. The predicted molar refractivity (Wildman–Crippen MR) is 44.2 cm³/mol. The van der Waals surface area contributed by atoms with Gasteiger partial charge in [0.15, 0.2) is 0 Å². The third kappa shape index (κ3) is 10.2. The van der Waals surface area contributed by atoms with E-state index in [-0.39, 0.29) is 29.6 Å². The summed E-state index contributed by atoms with van der Waals surface area (Å²) in [5, 5.41) is 1.73. The summed E-state index contributed by atoms with van der Waals surface area (Å²) >= 11 is 8.40. The molecular weight excluding hydrogens is 151 g/mol. The van der Waals surface area contributed by atoms with Crippen LogP contribution in [0.25, 0.3) is 0 Å². The Bertz CT molecular complexity index is 75.7. The van der Waals surface area contributed by atoms with Gasteiger partial charge in [0.25, 0.3) is 0 Å². The van der Waals surface area contributed by atoms with Crippen molar-refractivity contribution < 1.29 is 0 Å². The van der Waals surface area contributed by atoms with Gasteiger partial charge < -0.3 is 5.43 Å². The molecule has 0 heterocycles. The molecule has 0 atom stereocenters. The Hall–Kier alpha value is 1.20. The van der Waals surface area contributed by atoms with Crippen LogP contribution in [0.3, 0.4) is 0 Å². The Morgan fingerprint density at radius 2 is 2.00 bits per heavy atom. The van der Waals surface area contributed by atoms with E-state index in [0.717, 1.165) is 0 Å². The van der Waals surface area contributed by atoms with Crippen LogP contribution in [0.5, 0.6) is 0 Å². The first-order chi connectivity index (χ1) is 3.13. The second kappa shape index (κ2) is 6.32. The van der Waals surface area contributed by atoms with Gasteiger partial charge in [-0.3, -0.25) is 0 Å². The molecule has 0 aromatic rings. The average Bonchev–Trinajstić information content (AvgIpc) is 1.27. The molecule has 0 aliphatic carbocycles. The number of thiocarbonyl (C=S) groups is 1. The van der Waals surface area contributed by atoms with Gasteiger partial charge in [0.1, 0.15) is 4.32 Å². The van der Waals surface area contributed by atoms with Gasteiger partial charge in [-0.15, -0.1) is 12.6 Å². The van der Waals surface area contributed by atoms with Crippen LogP contribution in [0.2, 0.25) is 0 Å². The molecule has 0 aliphatic heterocycles. The third-order valence-electron chi connectivity index (χ3n) is 0.319. The normalized spacial score (nSPS) is 8.00. The molecule has 0 aromatic heterocycles. The number of hydrogen-bond acceptors (Lipinski definition) is 2. The number of hydrazine groups is 1. The summed E-state index contributed by atoms with van der Waals surface area (Å²) in [6, 6.07) is 0. The molecule has 0 fully saturated rings. The number of thiol groups is 1. The maximum absolute atomic E-state index is 4.58. The zero-order valence-corrected chi connectivity index (χ0v) is 9.01. The van der Waals surface area contributed by atoms with E-state index in [2.05, 4.69) is 30.3 Å². The van der Waals surface area contributed by atoms with Crippen molar-refractivity contribution >= 4 is 58.7 Å². The fourth-order valence-electron chi connectivity index (χ4n) is 0.191. The molecule has 8 heavy (non-hydrogen) atoms. The maximum atomic E-state index is 4.58. The Labute approximate surface area is 82.7 Å². The van der Waals surface area contributed by atoms with Crippen molar-refractivity contribution in [2.24, 2.45) is 0 Å². The predicted octanol–water partition coefficient (Wildman–Crippen LogP) is -0.113. The standard InChI is InChI=1S/C3H8N2S2.Na/c1-5(2)4-3(6)7;/h1-2H3,(H2,4,6,7);. The van der Waals surface area contributed by atoms with Crippen molar-refractivity contribution in [2.75, 3.05) is 14.1 Å². The summed E-state index contributed by atoms with van der Waals surface area (Å²) < 4.78 is 0.491. The number of nitrogens with zero attached hydrogens (tertiary/aromatic N) is 1. The third-order valence-corrected chi connectivity index (χ3v) is 0.511. The molecule has 43 valence electrons. The summed E-state index contributed by atoms with van der Waals surface area (Å²) in [6.07, 6.45) is 0. The van der Waals surface area contributed by atoms with E-state index in [4.69, 9.17) is 0 Å². The van der Waals surface area contributed by atoms with Gasteiger partial charge in [-0.05, 0) is 0 Å². The summed E-state index contributed by atoms with van der Waals surface area (Å²) in [5.74, 6) is 0. The Morgan fingerprint density at radius 1 is 1.62 bits per heavy atom. The van der Waals surface area contributed by atoms with Crippen LogP contribution < -0.4 is 5.43 Å². The minimum atomic E-state index is 0. The van der Waals surface area contributed by atoms with Gasteiger partial charge in [-0.25, -0.2) is 5.01 Å². The summed E-state index contributed by atoms with van der Waals surface area (Å²) in [4.78, 5) is 0. The van der Waals surface area contributed by atoms with Gasteiger partial charge >= 0.3 is 0 Å². The Kier molecular flexibility index (Phi) is 9.43. The van der Waals surface area contributed by atoms with Gasteiger partial charge in [-0.1, -0.05) is 12.2 Å². The molecule has 5 heteroatoms. The van der Waals surface area contributed by atoms with E-state index >= 15 is 0 Å². The van der Waals surface area contributed by atoms with Crippen molar-refractivity contribution in [1.82, 2.24) is 10.4 Å². The first-order valence-corrected chi connectivity index (χ1v) is 2.65. The molecule has 0 amide bonds. The van der Waals surface area contributed by atoms with Crippen LogP contribution in [0, 0.1) is 0 Å². The van der Waals surface area contributed by atoms with E-state index in [1.54, 1.807) is 5.01 Å². The zero-order chi connectivity index (χ0) is 5.86. The van der Waals surface area contributed by atoms with Crippen molar-refractivity contribution in [3.63, 3.8) is 0 Å². The smallest absolute Gasteiger partial charge is 0.145 e. The largest absolute Gasteiger partial charge is 0.305 e. The number of rotatable bonds is 1. The summed E-state index contributed by atoms with van der Waals surface area (Å²) in [5.41, 5.74) is 2.73. The molecular formula is C3H8N2NaS2. The van der Waals surface area contributed by atoms with E-state index in [9.17, 15) is 0 Å². The van der Waals surface area contributed by atoms with Gasteiger partial charge in [-0.2, -0.15) is 0 Å². The van der Waals surface area contributed by atoms with Crippen molar-refractivity contribution in [1.29, 1.82) is 0 Å². The van der Waals surface area contributed by atoms with Crippen LogP contribution in [0.1, 0.15) is 0 Å². The van der Waals surface area contributed by atoms with Crippen LogP contribution in [0.15, 0.2) is 0 Å². The molecule has 1 radical (unpaired) electrons. The van der Waals surface area contributed by atoms with Crippen LogP contribution in [0.4, 0.5) is 0 Å². The van der Waals surface area contributed by atoms with E-state index < -0.39 is 0 Å². The summed E-state index contributed by atoms with van der Waals surface area (Å²) in [7, 11) is 3.70. The quantitative estimate of drug-likeness (QED) is 0.240. The van der Waals surface area contributed by atoms with Crippen molar-refractivity contribution in [3.8, 4) is 0 Å². The molecule has 0 aromatic carbocycles.